The average molecular weight is 237 g/mol. The Hall–Kier alpha value is -1.32. The molecule has 4 heteroatoms. The molecule has 0 bridgehead atoms. The second-order valence-corrected chi connectivity index (χ2v) is 4.96. The summed E-state index contributed by atoms with van der Waals surface area (Å²) in [6, 6.07) is 0.287. The quantitative estimate of drug-likeness (QED) is 0.827. The summed E-state index contributed by atoms with van der Waals surface area (Å²) >= 11 is 0. The van der Waals surface area contributed by atoms with Gasteiger partial charge in [0.05, 0.1) is 0 Å². The van der Waals surface area contributed by atoms with Crippen LogP contribution >= 0.6 is 0 Å². The van der Waals surface area contributed by atoms with Gasteiger partial charge in [0, 0.05) is 25.0 Å². The van der Waals surface area contributed by atoms with Crippen LogP contribution in [0.4, 0.5) is 5.82 Å². The maximum Gasteiger partial charge on any atom is 0.293 e. The first-order chi connectivity index (χ1) is 8.04. The molecule has 1 aromatic heterocycles. The summed E-state index contributed by atoms with van der Waals surface area (Å²) < 4.78 is 1.72. The van der Waals surface area contributed by atoms with Crippen LogP contribution in [-0.4, -0.2) is 15.6 Å². The average Bonchev–Trinajstić information content (AvgIpc) is 2.23. The molecule has 4 nitrogen and oxygen atoms in total. The second kappa shape index (κ2) is 6.42. The van der Waals surface area contributed by atoms with E-state index in [1.54, 1.807) is 17.0 Å². The monoisotopic (exact) mass is 237 g/mol. The van der Waals surface area contributed by atoms with Crippen LogP contribution in [0.2, 0.25) is 0 Å². The number of nitrogens with one attached hydrogen (secondary N) is 1. The van der Waals surface area contributed by atoms with E-state index in [1.165, 1.54) is 0 Å². The molecule has 1 unspecified atom stereocenters. The van der Waals surface area contributed by atoms with E-state index in [-0.39, 0.29) is 11.6 Å². The molecular weight excluding hydrogens is 214 g/mol. The van der Waals surface area contributed by atoms with Gasteiger partial charge in [-0.25, -0.2) is 4.98 Å². The van der Waals surface area contributed by atoms with Gasteiger partial charge >= 0.3 is 0 Å². The van der Waals surface area contributed by atoms with Gasteiger partial charge in [-0.05, 0) is 19.3 Å². The zero-order valence-electron chi connectivity index (χ0n) is 11.2. The summed E-state index contributed by atoms with van der Waals surface area (Å²) in [6.45, 7) is 9.13. The van der Waals surface area contributed by atoms with Gasteiger partial charge < -0.3 is 9.88 Å². The normalized spacial score (nSPS) is 12.8. The summed E-state index contributed by atoms with van der Waals surface area (Å²) in [5, 5.41) is 3.18. The van der Waals surface area contributed by atoms with Crippen LogP contribution in [0.1, 0.15) is 40.5 Å². The lowest BCUT2D eigenvalue weighted by atomic mass is 10.2. The van der Waals surface area contributed by atoms with Crippen molar-refractivity contribution in [3.05, 3.63) is 22.7 Å². The lowest BCUT2D eigenvalue weighted by molar-refractivity contribution is 0.509. The number of nitrogens with zero attached hydrogens (tertiary/aromatic N) is 2. The smallest absolute Gasteiger partial charge is 0.293 e. The summed E-state index contributed by atoms with van der Waals surface area (Å²) in [5.74, 6) is 0.921. The Morgan fingerprint density at radius 2 is 2.12 bits per heavy atom. The summed E-state index contributed by atoms with van der Waals surface area (Å²) in [4.78, 5) is 16.2. The van der Waals surface area contributed by atoms with Crippen molar-refractivity contribution in [2.24, 2.45) is 5.92 Å². The molecule has 0 aliphatic rings. The molecule has 1 aromatic rings. The SMILES string of the molecule is CCCC(C)Nc1nccn(CC(C)C)c1=O. The first kappa shape index (κ1) is 13.7. The molecule has 1 N–H and O–H groups in total. The Kier molecular flexibility index (Phi) is 5.19. The third-order valence-electron chi connectivity index (χ3n) is 2.58. The molecule has 0 spiro atoms. The molecule has 0 amide bonds. The van der Waals surface area contributed by atoms with Crippen LogP contribution in [0.25, 0.3) is 0 Å². The molecule has 0 aliphatic heterocycles. The highest BCUT2D eigenvalue weighted by atomic mass is 16.1. The maximum atomic E-state index is 12.1. The minimum atomic E-state index is -0.0239. The van der Waals surface area contributed by atoms with E-state index < -0.39 is 0 Å². The summed E-state index contributed by atoms with van der Waals surface area (Å²) in [5.41, 5.74) is -0.0239. The topological polar surface area (TPSA) is 46.9 Å². The minimum absolute atomic E-state index is 0.0239. The number of aromatic nitrogens is 2. The van der Waals surface area contributed by atoms with E-state index in [9.17, 15) is 4.79 Å². The Balaban J connectivity index is 2.83. The van der Waals surface area contributed by atoms with Gasteiger partial charge in [-0.3, -0.25) is 4.79 Å². The number of hydrogen-bond acceptors (Lipinski definition) is 3. The predicted octanol–water partition coefficient (Wildman–Crippen LogP) is 2.50. The number of hydrogen-bond donors (Lipinski definition) is 1. The fourth-order valence-corrected chi connectivity index (χ4v) is 1.82. The van der Waals surface area contributed by atoms with Crippen molar-refractivity contribution in [1.29, 1.82) is 0 Å². The van der Waals surface area contributed by atoms with Gasteiger partial charge in [0.2, 0.25) is 0 Å². The van der Waals surface area contributed by atoms with Gasteiger partial charge in [0.25, 0.3) is 5.56 Å². The summed E-state index contributed by atoms with van der Waals surface area (Å²) in [6.07, 6.45) is 5.57. The van der Waals surface area contributed by atoms with Crippen LogP contribution < -0.4 is 10.9 Å². The molecule has 0 radical (unpaired) electrons. The van der Waals surface area contributed by atoms with E-state index in [0.717, 1.165) is 19.4 Å². The molecule has 0 saturated heterocycles. The van der Waals surface area contributed by atoms with Crippen molar-refractivity contribution in [1.82, 2.24) is 9.55 Å². The molecular formula is C13H23N3O. The van der Waals surface area contributed by atoms with Crippen LogP contribution in [0.5, 0.6) is 0 Å². The first-order valence-electron chi connectivity index (χ1n) is 6.36. The maximum absolute atomic E-state index is 12.1. The molecule has 1 rings (SSSR count). The van der Waals surface area contributed by atoms with Gasteiger partial charge in [-0.2, -0.15) is 0 Å². The molecule has 96 valence electrons. The highest BCUT2D eigenvalue weighted by molar-refractivity contribution is 5.31. The molecule has 0 aromatic carbocycles. The lowest BCUT2D eigenvalue weighted by Gasteiger charge is -2.14. The Morgan fingerprint density at radius 3 is 2.71 bits per heavy atom. The van der Waals surface area contributed by atoms with Gasteiger partial charge in [0.15, 0.2) is 5.82 Å². The second-order valence-electron chi connectivity index (χ2n) is 4.96. The molecule has 0 saturated carbocycles. The predicted molar refractivity (Wildman–Crippen MR) is 71.3 cm³/mol. The van der Waals surface area contributed by atoms with Crippen LogP contribution in [0, 0.1) is 5.92 Å². The highest BCUT2D eigenvalue weighted by Crippen LogP contribution is 2.03. The highest BCUT2D eigenvalue weighted by Gasteiger charge is 2.08. The fraction of sp³-hybridized carbons (Fsp3) is 0.692. The molecule has 1 atom stereocenters. The third kappa shape index (κ3) is 4.21. The van der Waals surface area contributed by atoms with Gasteiger partial charge in [-0.1, -0.05) is 27.2 Å². The molecule has 0 fully saturated rings. The van der Waals surface area contributed by atoms with Crippen molar-refractivity contribution < 1.29 is 0 Å². The van der Waals surface area contributed by atoms with Crippen molar-refractivity contribution in [3.8, 4) is 0 Å². The van der Waals surface area contributed by atoms with E-state index in [1.807, 2.05) is 0 Å². The van der Waals surface area contributed by atoms with Crippen LogP contribution in [0.15, 0.2) is 17.2 Å². The van der Waals surface area contributed by atoms with E-state index in [0.29, 0.717) is 11.7 Å². The van der Waals surface area contributed by atoms with Crippen LogP contribution in [0.3, 0.4) is 0 Å². The Bertz CT molecular complexity index is 398. The van der Waals surface area contributed by atoms with Crippen molar-refractivity contribution in [2.45, 2.75) is 53.1 Å². The Labute approximate surface area is 103 Å². The van der Waals surface area contributed by atoms with Gasteiger partial charge in [-0.15, -0.1) is 0 Å². The van der Waals surface area contributed by atoms with E-state index >= 15 is 0 Å². The van der Waals surface area contributed by atoms with Crippen molar-refractivity contribution in [2.75, 3.05) is 5.32 Å². The molecule has 0 aliphatic carbocycles. The van der Waals surface area contributed by atoms with Crippen LogP contribution in [-0.2, 0) is 6.54 Å². The fourth-order valence-electron chi connectivity index (χ4n) is 1.82. The Morgan fingerprint density at radius 1 is 1.41 bits per heavy atom. The first-order valence-corrected chi connectivity index (χ1v) is 6.36. The van der Waals surface area contributed by atoms with E-state index in [2.05, 4.69) is 38.0 Å². The van der Waals surface area contributed by atoms with Gasteiger partial charge in [0.1, 0.15) is 0 Å². The third-order valence-corrected chi connectivity index (χ3v) is 2.58. The zero-order valence-corrected chi connectivity index (χ0v) is 11.2. The van der Waals surface area contributed by atoms with E-state index in [4.69, 9.17) is 0 Å². The lowest BCUT2D eigenvalue weighted by Crippen LogP contribution is -2.28. The number of anilines is 1. The largest absolute Gasteiger partial charge is 0.363 e. The molecule has 17 heavy (non-hydrogen) atoms. The zero-order chi connectivity index (χ0) is 12.8. The standard InChI is InChI=1S/C13H23N3O/c1-5-6-11(4)15-12-13(17)16(8-7-14-12)9-10(2)3/h7-8,10-11H,5-6,9H2,1-4H3,(H,14,15). The van der Waals surface area contributed by atoms with Crippen molar-refractivity contribution in [3.63, 3.8) is 0 Å². The number of rotatable bonds is 6. The molecule has 1 heterocycles. The van der Waals surface area contributed by atoms with Crippen molar-refractivity contribution >= 4 is 5.82 Å². The minimum Gasteiger partial charge on any atom is -0.363 e. The summed E-state index contributed by atoms with van der Waals surface area (Å²) in [7, 11) is 0.